The van der Waals surface area contributed by atoms with E-state index < -0.39 is 0 Å². The van der Waals surface area contributed by atoms with E-state index in [4.69, 9.17) is 10.5 Å². The standard InChI is InChI=1S/C16H30N2O/c17-13-16(7-2-1-3-8-16)9-10-18-11-12-19-15-6-4-5-14(15)18/h14-15H,1-13,17H2. The van der Waals surface area contributed by atoms with Crippen molar-refractivity contribution in [1.82, 2.24) is 4.90 Å². The van der Waals surface area contributed by atoms with Crippen molar-refractivity contribution in [3.63, 3.8) is 0 Å². The fourth-order valence-corrected chi connectivity index (χ4v) is 4.52. The van der Waals surface area contributed by atoms with Crippen LogP contribution in [0.3, 0.4) is 0 Å². The summed E-state index contributed by atoms with van der Waals surface area (Å²) < 4.78 is 5.91. The molecule has 3 nitrogen and oxygen atoms in total. The van der Waals surface area contributed by atoms with Gasteiger partial charge in [0.25, 0.3) is 0 Å². The highest BCUT2D eigenvalue weighted by molar-refractivity contribution is 4.91. The number of ether oxygens (including phenoxy) is 1. The third-order valence-corrected chi connectivity index (χ3v) is 5.87. The van der Waals surface area contributed by atoms with Crippen molar-refractivity contribution in [2.24, 2.45) is 11.1 Å². The summed E-state index contributed by atoms with van der Waals surface area (Å²) in [6.45, 7) is 4.23. The lowest BCUT2D eigenvalue weighted by Crippen LogP contribution is -2.50. The summed E-state index contributed by atoms with van der Waals surface area (Å²) >= 11 is 0. The third kappa shape index (κ3) is 2.98. The van der Waals surface area contributed by atoms with E-state index in [9.17, 15) is 0 Å². The first-order valence-electron chi connectivity index (χ1n) is 8.39. The molecule has 0 bridgehead atoms. The molecular weight excluding hydrogens is 236 g/mol. The number of nitrogens with zero attached hydrogens (tertiary/aromatic N) is 1. The van der Waals surface area contributed by atoms with Crippen LogP contribution in [-0.2, 0) is 4.74 Å². The molecular formula is C16H30N2O. The molecule has 3 fully saturated rings. The van der Waals surface area contributed by atoms with Crippen LogP contribution < -0.4 is 5.73 Å². The largest absolute Gasteiger partial charge is 0.375 e. The van der Waals surface area contributed by atoms with Crippen molar-refractivity contribution in [2.45, 2.75) is 69.9 Å². The van der Waals surface area contributed by atoms with E-state index >= 15 is 0 Å². The minimum atomic E-state index is 0.463. The van der Waals surface area contributed by atoms with Gasteiger partial charge in [0.15, 0.2) is 0 Å². The summed E-state index contributed by atoms with van der Waals surface area (Å²) in [5.41, 5.74) is 6.58. The second-order valence-corrected chi connectivity index (χ2v) is 6.96. The normalized spacial score (nSPS) is 35.2. The Morgan fingerprint density at radius 2 is 1.95 bits per heavy atom. The zero-order valence-electron chi connectivity index (χ0n) is 12.3. The SMILES string of the molecule is NCC1(CCN2CCOC3CCCC32)CCCCC1. The fourth-order valence-electron chi connectivity index (χ4n) is 4.52. The van der Waals surface area contributed by atoms with Gasteiger partial charge in [0, 0.05) is 12.6 Å². The molecule has 0 aromatic rings. The highest BCUT2D eigenvalue weighted by Gasteiger charge is 2.37. The van der Waals surface area contributed by atoms with Gasteiger partial charge in [-0.05, 0) is 57.0 Å². The second kappa shape index (κ2) is 6.11. The molecule has 3 heteroatoms. The van der Waals surface area contributed by atoms with Crippen LogP contribution in [-0.4, -0.2) is 43.3 Å². The maximum Gasteiger partial charge on any atom is 0.0730 e. The molecule has 3 rings (SSSR count). The summed E-state index contributed by atoms with van der Waals surface area (Å²) in [4.78, 5) is 2.72. The van der Waals surface area contributed by atoms with Gasteiger partial charge in [-0.1, -0.05) is 19.3 Å². The van der Waals surface area contributed by atoms with Crippen LogP contribution in [0.5, 0.6) is 0 Å². The van der Waals surface area contributed by atoms with Crippen LogP contribution in [0.2, 0.25) is 0 Å². The van der Waals surface area contributed by atoms with Gasteiger partial charge in [-0.2, -0.15) is 0 Å². The van der Waals surface area contributed by atoms with Crippen molar-refractivity contribution >= 4 is 0 Å². The van der Waals surface area contributed by atoms with Crippen molar-refractivity contribution in [1.29, 1.82) is 0 Å². The molecule has 110 valence electrons. The van der Waals surface area contributed by atoms with E-state index in [-0.39, 0.29) is 0 Å². The smallest absolute Gasteiger partial charge is 0.0730 e. The first kappa shape index (κ1) is 13.8. The summed E-state index contributed by atoms with van der Waals surface area (Å²) in [5, 5.41) is 0. The Morgan fingerprint density at radius 1 is 1.11 bits per heavy atom. The van der Waals surface area contributed by atoms with Gasteiger partial charge in [0.2, 0.25) is 0 Å². The minimum Gasteiger partial charge on any atom is -0.375 e. The molecule has 2 N–H and O–H groups in total. The highest BCUT2D eigenvalue weighted by Crippen LogP contribution is 2.39. The van der Waals surface area contributed by atoms with Crippen LogP contribution in [0.1, 0.15) is 57.8 Å². The van der Waals surface area contributed by atoms with E-state index in [0.29, 0.717) is 17.6 Å². The van der Waals surface area contributed by atoms with Crippen LogP contribution in [0, 0.1) is 5.41 Å². The molecule has 19 heavy (non-hydrogen) atoms. The van der Waals surface area contributed by atoms with Crippen molar-refractivity contribution in [3.05, 3.63) is 0 Å². The zero-order chi connectivity index (χ0) is 13.1. The van der Waals surface area contributed by atoms with E-state index in [0.717, 1.165) is 19.7 Å². The zero-order valence-corrected chi connectivity index (χ0v) is 12.3. The maximum absolute atomic E-state index is 6.12. The number of nitrogens with two attached hydrogens (primary N) is 1. The van der Waals surface area contributed by atoms with Crippen molar-refractivity contribution in [2.75, 3.05) is 26.2 Å². The van der Waals surface area contributed by atoms with Crippen LogP contribution in [0.25, 0.3) is 0 Å². The minimum absolute atomic E-state index is 0.463. The molecule has 2 unspecified atom stereocenters. The number of hydrogen-bond acceptors (Lipinski definition) is 3. The Kier molecular flexibility index (Phi) is 4.45. The molecule has 0 aromatic heterocycles. The van der Waals surface area contributed by atoms with Gasteiger partial charge in [0.05, 0.1) is 12.7 Å². The average Bonchev–Trinajstić information content (AvgIpc) is 2.95. The summed E-state index contributed by atoms with van der Waals surface area (Å²) in [6.07, 6.45) is 12.8. The molecule has 2 saturated carbocycles. The molecule has 0 amide bonds. The van der Waals surface area contributed by atoms with Crippen molar-refractivity contribution < 1.29 is 4.74 Å². The Hall–Kier alpha value is -0.120. The topological polar surface area (TPSA) is 38.5 Å². The number of morpholine rings is 1. The second-order valence-electron chi connectivity index (χ2n) is 6.96. The monoisotopic (exact) mass is 266 g/mol. The van der Waals surface area contributed by atoms with E-state index in [2.05, 4.69) is 4.90 Å². The summed E-state index contributed by atoms with van der Waals surface area (Å²) in [7, 11) is 0. The van der Waals surface area contributed by atoms with E-state index in [1.165, 1.54) is 64.3 Å². The summed E-state index contributed by atoms with van der Waals surface area (Å²) in [5.74, 6) is 0. The van der Waals surface area contributed by atoms with Crippen LogP contribution in [0.15, 0.2) is 0 Å². The lowest BCUT2D eigenvalue weighted by Gasteiger charge is -2.42. The lowest BCUT2D eigenvalue weighted by atomic mass is 9.72. The van der Waals surface area contributed by atoms with Crippen LogP contribution >= 0.6 is 0 Å². The molecule has 0 aromatic carbocycles. The predicted octanol–water partition coefficient (Wildman–Crippen LogP) is 2.54. The lowest BCUT2D eigenvalue weighted by molar-refractivity contribution is -0.0597. The first-order chi connectivity index (χ1) is 9.33. The van der Waals surface area contributed by atoms with E-state index in [1.807, 2.05) is 0 Å². The Balaban J connectivity index is 1.55. The number of hydrogen-bond donors (Lipinski definition) is 1. The van der Waals surface area contributed by atoms with Crippen LogP contribution in [0.4, 0.5) is 0 Å². The molecule has 2 aliphatic carbocycles. The van der Waals surface area contributed by atoms with Gasteiger partial charge in [-0.15, -0.1) is 0 Å². The molecule has 1 heterocycles. The first-order valence-corrected chi connectivity index (χ1v) is 8.39. The fraction of sp³-hybridized carbons (Fsp3) is 1.00. The Labute approximate surface area is 117 Å². The maximum atomic E-state index is 6.12. The molecule has 1 saturated heterocycles. The van der Waals surface area contributed by atoms with Gasteiger partial charge in [-0.25, -0.2) is 0 Å². The molecule has 0 radical (unpaired) electrons. The Bertz CT molecular complexity index is 288. The third-order valence-electron chi connectivity index (χ3n) is 5.87. The number of rotatable bonds is 4. The molecule has 1 aliphatic heterocycles. The average molecular weight is 266 g/mol. The van der Waals surface area contributed by atoms with Gasteiger partial charge >= 0.3 is 0 Å². The van der Waals surface area contributed by atoms with Gasteiger partial charge < -0.3 is 10.5 Å². The van der Waals surface area contributed by atoms with E-state index in [1.54, 1.807) is 0 Å². The molecule has 0 spiro atoms. The predicted molar refractivity (Wildman–Crippen MR) is 78.1 cm³/mol. The van der Waals surface area contributed by atoms with Gasteiger partial charge in [-0.3, -0.25) is 4.90 Å². The van der Waals surface area contributed by atoms with Gasteiger partial charge in [0.1, 0.15) is 0 Å². The van der Waals surface area contributed by atoms with Crippen molar-refractivity contribution in [3.8, 4) is 0 Å². The Morgan fingerprint density at radius 3 is 2.74 bits per heavy atom. The quantitative estimate of drug-likeness (QED) is 0.850. The molecule has 3 aliphatic rings. The summed E-state index contributed by atoms with van der Waals surface area (Å²) in [6, 6.07) is 0.715. The highest BCUT2D eigenvalue weighted by atomic mass is 16.5. The molecule has 2 atom stereocenters. The number of fused-ring (bicyclic) bond motifs is 1.